The third kappa shape index (κ3) is 4.42. The molecular formula is C18H14N6O5S. The van der Waals surface area contributed by atoms with Crippen molar-refractivity contribution in [1.82, 2.24) is 15.1 Å². The molecule has 0 saturated carbocycles. The lowest BCUT2D eigenvalue weighted by Crippen LogP contribution is -2.16. The van der Waals surface area contributed by atoms with Crippen LogP contribution in [0.4, 0.5) is 11.6 Å². The Hall–Kier alpha value is -4.24. The van der Waals surface area contributed by atoms with E-state index in [0.717, 1.165) is 0 Å². The van der Waals surface area contributed by atoms with E-state index in [1.54, 1.807) is 12.1 Å². The van der Waals surface area contributed by atoms with Crippen molar-refractivity contribution in [2.45, 2.75) is 11.8 Å². The molecule has 2 heterocycles. The highest BCUT2D eigenvalue weighted by Gasteiger charge is 2.20. The number of carbonyl (C=O) groups excluding carboxylic acids is 1. The molecule has 3 N–H and O–H groups in total. The fourth-order valence-electron chi connectivity index (χ4n) is 2.31. The van der Waals surface area contributed by atoms with E-state index in [2.05, 4.69) is 25.2 Å². The number of amides is 1. The first-order valence-electron chi connectivity index (χ1n) is 8.28. The molecule has 11 nitrogen and oxygen atoms in total. The van der Waals surface area contributed by atoms with Crippen molar-refractivity contribution >= 4 is 33.3 Å². The number of anilines is 2. The van der Waals surface area contributed by atoms with Gasteiger partial charge in [-0.2, -0.15) is 5.26 Å². The molecule has 0 bridgehead atoms. The molecule has 1 aromatic carbocycles. The van der Waals surface area contributed by atoms with Gasteiger partial charge in [-0.05, 0) is 37.3 Å². The van der Waals surface area contributed by atoms with Crippen molar-refractivity contribution in [3.8, 4) is 6.07 Å². The van der Waals surface area contributed by atoms with Crippen LogP contribution in [0.3, 0.4) is 0 Å². The molecule has 3 rings (SSSR count). The number of aryl methyl sites for hydroxylation is 1. The molecule has 2 aromatic heterocycles. The van der Waals surface area contributed by atoms with Crippen LogP contribution >= 0.6 is 0 Å². The highest BCUT2D eigenvalue weighted by molar-refractivity contribution is 7.92. The number of nitrogens with one attached hydrogen (secondary N) is 2. The number of rotatable bonds is 6. The average Bonchev–Trinajstić information content (AvgIpc) is 3.15. The molecule has 0 aliphatic carbocycles. The van der Waals surface area contributed by atoms with E-state index in [9.17, 15) is 23.6 Å². The number of aliphatic hydroxyl groups excluding tert-OH is 1. The summed E-state index contributed by atoms with van der Waals surface area (Å²) in [6, 6.07) is 8.33. The normalized spacial score (nSPS) is 11.9. The molecule has 0 saturated heterocycles. The lowest BCUT2D eigenvalue weighted by atomic mass is 10.1. The molecule has 3 aromatic rings. The molecule has 0 radical (unpaired) electrons. The van der Waals surface area contributed by atoms with E-state index in [-0.39, 0.29) is 27.9 Å². The van der Waals surface area contributed by atoms with Gasteiger partial charge in [0.1, 0.15) is 11.8 Å². The number of sulfonamides is 1. The van der Waals surface area contributed by atoms with Crippen LogP contribution in [0.2, 0.25) is 0 Å². The van der Waals surface area contributed by atoms with Gasteiger partial charge in [-0.1, -0.05) is 5.16 Å². The maximum atomic E-state index is 12.4. The minimum absolute atomic E-state index is 0.0850. The highest BCUT2D eigenvalue weighted by atomic mass is 32.2. The minimum atomic E-state index is -3.93. The van der Waals surface area contributed by atoms with Crippen LogP contribution in [0.25, 0.3) is 5.76 Å². The zero-order chi connectivity index (χ0) is 21.7. The smallest absolute Gasteiger partial charge is 0.270 e. The Labute approximate surface area is 170 Å². The maximum Gasteiger partial charge on any atom is 0.270 e. The second-order valence-corrected chi connectivity index (χ2v) is 7.47. The summed E-state index contributed by atoms with van der Waals surface area (Å²) in [7, 11) is -3.93. The largest absolute Gasteiger partial charge is 0.506 e. The fourth-order valence-corrected chi connectivity index (χ4v) is 3.27. The first-order valence-corrected chi connectivity index (χ1v) is 9.76. The van der Waals surface area contributed by atoms with Crippen molar-refractivity contribution in [3.63, 3.8) is 0 Å². The van der Waals surface area contributed by atoms with Crippen molar-refractivity contribution in [2.75, 3.05) is 10.0 Å². The molecule has 0 aliphatic heterocycles. The maximum absolute atomic E-state index is 12.4. The molecule has 0 atom stereocenters. The Bertz CT molecular complexity index is 1240. The zero-order valence-electron chi connectivity index (χ0n) is 15.4. The topological polar surface area (TPSA) is 171 Å². The summed E-state index contributed by atoms with van der Waals surface area (Å²) in [5.41, 5.74) is -0.240. The number of benzene rings is 1. The number of aromatic nitrogens is 3. The van der Waals surface area contributed by atoms with Crippen LogP contribution in [-0.4, -0.2) is 34.6 Å². The number of carbonyl (C=O) groups is 1. The Morgan fingerprint density at radius 2 is 1.87 bits per heavy atom. The summed E-state index contributed by atoms with van der Waals surface area (Å²) in [6.07, 6.45) is 3.96. The number of hydrogen-bond donors (Lipinski definition) is 3. The van der Waals surface area contributed by atoms with Crippen molar-refractivity contribution < 1.29 is 22.8 Å². The van der Waals surface area contributed by atoms with E-state index in [1.807, 2.05) is 0 Å². The minimum Gasteiger partial charge on any atom is -0.506 e. The molecule has 1 amide bonds. The van der Waals surface area contributed by atoms with Gasteiger partial charge in [-0.25, -0.2) is 23.1 Å². The summed E-state index contributed by atoms with van der Waals surface area (Å²) < 4.78 is 31.8. The van der Waals surface area contributed by atoms with Gasteiger partial charge >= 0.3 is 0 Å². The fraction of sp³-hybridized carbons (Fsp3) is 0.0556. The van der Waals surface area contributed by atoms with Crippen LogP contribution in [-0.2, 0) is 14.8 Å². The van der Waals surface area contributed by atoms with Crippen LogP contribution in [0.15, 0.2) is 63.9 Å². The lowest BCUT2D eigenvalue weighted by Gasteiger charge is -2.08. The van der Waals surface area contributed by atoms with E-state index in [1.165, 1.54) is 49.8 Å². The van der Waals surface area contributed by atoms with Gasteiger partial charge in [0.25, 0.3) is 15.9 Å². The molecule has 30 heavy (non-hydrogen) atoms. The average molecular weight is 426 g/mol. The van der Waals surface area contributed by atoms with Gasteiger partial charge in [0.2, 0.25) is 5.95 Å². The van der Waals surface area contributed by atoms with Crippen molar-refractivity contribution in [3.05, 3.63) is 65.8 Å². The monoisotopic (exact) mass is 426 g/mol. The third-order valence-electron chi connectivity index (χ3n) is 3.80. The quantitative estimate of drug-likeness (QED) is 0.303. The van der Waals surface area contributed by atoms with Crippen LogP contribution < -0.4 is 10.0 Å². The Kier molecular flexibility index (Phi) is 5.75. The predicted octanol–water partition coefficient (Wildman–Crippen LogP) is 2.01. The summed E-state index contributed by atoms with van der Waals surface area (Å²) in [4.78, 5) is 19.9. The van der Waals surface area contributed by atoms with E-state index < -0.39 is 27.3 Å². The Morgan fingerprint density at radius 3 is 2.43 bits per heavy atom. The Morgan fingerprint density at radius 1 is 1.20 bits per heavy atom. The first-order chi connectivity index (χ1) is 14.3. The summed E-state index contributed by atoms with van der Waals surface area (Å²) in [5.74, 6) is -1.32. The van der Waals surface area contributed by atoms with E-state index in [0.29, 0.717) is 0 Å². The first kappa shape index (κ1) is 20.5. The number of nitrogens with zero attached hydrogens (tertiary/aromatic N) is 4. The van der Waals surface area contributed by atoms with Crippen LogP contribution in [0.5, 0.6) is 0 Å². The van der Waals surface area contributed by atoms with Gasteiger partial charge in [-0.3, -0.25) is 4.79 Å². The Balaban J connectivity index is 1.77. The summed E-state index contributed by atoms with van der Waals surface area (Å²) in [6.45, 7) is 1.51. The van der Waals surface area contributed by atoms with Gasteiger partial charge in [-0.15, -0.1) is 0 Å². The van der Waals surface area contributed by atoms with Crippen molar-refractivity contribution in [2.24, 2.45) is 0 Å². The lowest BCUT2D eigenvalue weighted by molar-refractivity contribution is -0.112. The second-order valence-electron chi connectivity index (χ2n) is 5.79. The van der Waals surface area contributed by atoms with Crippen LogP contribution in [0, 0.1) is 18.3 Å². The van der Waals surface area contributed by atoms with Gasteiger partial charge in [0, 0.05) is 18.1 Å². The summed E-state index contributed by atoms with van der Waals surface area (Å²) in [5, 5.41) is 25.3. The molecule has 0 fully saturated rings. The standard InChI is InChI=1S/C18H14N6O5S/c1-11-15(10-22-29-11)16(25)14(9-19)17(26)23-12-3-5-13(6-4-12)30(27,28)24-18-20-7-2-8-21-18/h2-8,10,25H,1H3,(H,23,26)(H,20,21,24)/b16-14-. The van der Waals surface area contributed by atoms with Gasteiger partial charge in [0.15, 0.2) is 11.3 Å². The van der Waals surface area contributed by atoms with Crippen molar-refractivity contribution in [1.29, 1.82) is 5.26 Å². The van der Waals surface area contributed by atoms with Gasteiger partial charge in [0.05, 0.1) is 16.7 Å². The van der Waals surface area contributed by atoms with E-state index in [4.69, 9.17) is 4.52 Å². The SMILES string of the molecule is Cc1oncc1/C(O)=C(\C#N)C(=O)Nc1ccc(S(=O)(=O)Nc2ncccn2)cc1. The number of nitriles is 1. The van der Waals surface area contributed by atoms with Crippen LogP contribution in [0.1, 0.15) is 11.3 Å². The number of aliphatic hydroxyl groups is 1. The second kappa shape index (κ2) is 8.41. The zero-order valence-corrected chi connectivity index (χ0v) is 16.2. The van der Waals surface area contributed by atoms with E-state index >= 15 is 0 Å². The molecule has 12 heteroatoms. The molecule has 0 aliphatic rings. The summed E-state index contributed by atoms with van der Waals surface area (Å²) >= 11 is 0. The molecular weight excluding hydrogens is 412 g/mol. The molecule has 152 valence electrons. The van der Waals surface area contributed by atoms with Gasteiger partial charge < -0.3 is 14.9 Å². The third-order valence-corrected chi connectivity index (χ3v) is 5.14. The highest BCUT2D eigenvalue weighted by Crippen LogP contribution is 2.21. The number of hydrogen-bond acceptors (Lipinski definition) is 9. The molecule has 0 unspecified atom stereocenters. The predicted molar refractivity (Wildman–Crippen MR) is 104 cm³/mol. The molecule has 0 spiro atoms.